The van der Waals surface area contributed by atoms with Crippen LogP contribution in [0.15, 0.2) is 30.6 Å². The molecule has 13 heavy (non-hydrogen) atoms. The molecule has 0 spiro atoms. The van der Waals surface area contributed by atoms with Crippen molar-refractivity contribution in [1.82, 2.24) is 4.98 Å². The van der Waals surface area contributed by atoms with E-state index in [1.807, 2.05) is 6.92 Å². The quantitative estimate of drug-likeness (QED) is 0.692. The van der Waals surface area contributed by atoms with Gasteiger partial charge >= 0.3 is 0 Å². The van der Waals surface area contributed by atoms with Crippen molar-refractivity contribution in [3.8, 4) is 0 Å². The van der Waals surface area contributed by atoms with Crippen molar-refractivity contribution < 1.29 is 0 Å². The lowest BCUT2D eigenvalue weighted by Gasteiger charge is -2.07. The van der Waals surface area contributed by atoms with Crippen LogP contribution in [0.1, 0.15) is 13.3 Å². The highest BCUT2D eigenvalue weighted by atomic mass is 14.9. The molecule has 70 valence electrons. The number of anilines is 2. The van der Waals surface area contributed by atoms with Crippen LogP contribution < -0.4 is 11.1 Å². The Morgan fingerprint density at radius 1 is 1.69 bits per heavy atom. The van der Waals surface area contributed by atoms with Gasteiger partial charge in [-0.1, -0.05) is 5.57 Å². The number of rotatable bonds is 4. The minimum atomic E-state index is 0.733. The molecule has 0 aliphatic rings. The lowest BCUT2D eigenvalue weighted by Crippen LogP contribution is -2.04. The Hall–Kier alpha value is -1.51. The minimum Gasteiger partial charge on any atom is -0.397 e. The fraction of sp³-hybridized carbons (Fsp3) is 0.300. The van der Waals surface area contributed by atoms with Crippen molar-refractivity contribution in [2.24, 2.45) is 0 Å². The van der Waals surface area contributed by atoms with Gasteiger partial charge in [-0.05, 0) is 19.4 Å². The highest BCUT2D eigenvalue weighted by Gasteiger charge is 1.95. The van der Waals surface area contributed by atoms with Gasteiger partial charge in [0, 0.05) is 12.7 Å². The molecule has 0 bridgehead atoms. The summed E-state index contributed by atoms with van der Waals surface area (Å²) in [5, 5.41) is 3.20. The van der Waals surface area contributed by atoms with Gasteiger partial charge in [0.15, 0.2) is 0 Å². The smallest absolute Gasteiger partial charge is 0.0760 e. The van der Waals surface area contributed by atoms with Gasteiger partial charge in [-0.15, -0.1) is 6.58 Å². The Labute approximate surface area is 78.7 Å². The second kappa shape index (κ2) is 4.50. The van der Waals surface area contributed by atoms with Gasteiger partial charge in [0.05, 0.1) is 17.6 Å². The third-order valence-corrected chi connectivity index (χ3v) is 1.72. The largest absolute Gasteiger partial charge is 0.397 e. The average Bonchev–Trinajstić information content (AvgIpc) is 2.08. The standard InChI is InChI=1S/C10H15N3/c1-8(2)3-6-13-10-7-12-5-4-9(10)11/h4-5,7,13H,1,3,6H2,2H3,(H2,11,12). The van der Waals surface area contributed by atoms with Gasteiger partial charge in [-0.2, -0.15) is 0 Å². The van der Waals surface area contributed by atoms with Crippen LogP contribution in [-0.4, -0.2) is 11.5 Å². The maximum Gasteiger partial charge on any atom is 0.0760 e. The van der Waals surface area contributed by atoms with Crippen molar-refractivity contribution >= 4 is 11.4 Å². The van der Waals surface area contributed by atoms with Crippen LogP contribution in [0.5, 0.6) is 0 Å². The maximum atomic E-state index is 5.71. The van der Waals surface area contributed by atoms with E-state index in [1.165, 1.54) is 0 Å². The van der Waals surface area contributed by atoms with Gasteiger partial charge in [0.2, 0.25) is 0 Å². The molecule has 0 amide bonds. The van der Waals surface area contributed by atoms with Crippen molar-refractivity contribution in [1.29, 1.82) is 0 Å². The van der Waals surface area contributed by atoms with Gasteiger partial charge < -0.3 is 11.1 Å². The zero-order chi connectivity index (χ0) is 9.68. The molecule has 0 unspecified atom stereocenters. The van der Waals surface area contributed by atoms with Crippen LogP contribution in [-0.2, 0) is 0 Å². The molecule has 3 N–H and O–H groups in total. The summed E-state index contributed by atoms with van der Waals surface area (Å²) < 4.78 is 0. The molecule has 1 rings (SSSR count). The number of aromatic nitrogens is 1. The summed E-state index contributed by atoms with van der Waals surface area (Å²) in [5.74, 6) is 0. The van der Waals surface area contributed by atoms with Crippen molar-refractivity contribution in [2.75, 3.05) is 17.6 Å². The summed E-state index contributed by atoms with van der Waals surface area (Å²) in [6.07, 6.45) is 4.36. The normalized spacial score (nSPS) is 9.62. The maximum absolute atomic E-state index is 5.71. The van der Waals surface area contributed by atoms with Crippen LogP contribution >= 0.6 is 0 Å². The first kappa shape index (κ1) is 9.58. The van der Waals surface area contributed by atoms with Gasteiger partial charge in [0.1, 0.15) is 0 Å². The first-order valence-corrected chi connectivity index (χ1v) is 4.28. The highest BCUT2D eigenvalue weighted by Crippen LogP contribution is 2.14. The van der Waals surface area contributed by atoms with E-state index in [9.17, 15) is 0 Å². The number of pyridine rings is 1. The van der Waals surface area contributed by atoms with Gasteiger partial charge in [-0.3, -0.25) is 4.98 Å². The molecule has 3 nitrogen and oxygen atoms in total. The van der Waals surface area contributed by atoms with Crippen LogP contribution in [0, 0.1) is 0 Å². The molecule has 1 aromatic heterocycles. The van der Waals surface area contributed by atoms with Crippen LogP contribution in [0.3, 0.4) is 0 Å². The first-order chi connectivity index (χ1) is 6.20. The Balaban J connectivity index is 2.45. The lowest BCUT2D eigenvalue weighted by atomic mass is 10.2. The van der Waals surface area contributed by atoms with Gasteiger partial charge in [0.25, 0.3) is 0 Å². The predicted molar refractivity (Wildman–Crippen MR) is 56.6 cm³/mol. The van der Waals surface area contributed by atoms with E-state index in [1.54, 1.807) is 18.5 Å². The second-order valence-corrected chi connectivity index (χ2v) is 3.10. The minimum absolute atomic E-state index is 0.733. The number of nitrogen functional groups attached to an aromatic ring is 1. The molecule has 0 atom stereocenters. The third-order valence-electron chi connectivity index (χ3n) is 1.72. The molecule has 3 heteroatoms. The van der Waals surface area contributed by atoms with Crippen molar-refractivity contribution in [3.63, 3.8) is 0 Å². The number of hydrogen-bond acceptors (Lipinski definition) is 3. The number of nitrogens with one attached hydrogen (secondary N) is 1. The summed E-state index contributed by atoms with van der Waals surface area (Å²) in [7, 11) is 0. The zero-order valence-corrected chi connectivity index (χ0v) is 7.88. The molecule has 0 saturated carbocycles. The first-order valence-electron chi connectivity index (χ1n) is 4.28. The Bertz CT molecular complexity index is 294. The summed E-state index contributed by atoms with van der Waals surface area (Å²) in [6, 6.07) is 1.78. The van der Waals surface area contributed by atoms with Crippen LogP contribution in [0.2, 0.25) is 0 Å². The van der Waals surface area contributed by atoms with E-state index < -0.39 is 0 Å². The molecule has 0 aliphatic heterocycles. The fourth-order valence-electron chi connectivity index (χ4n) is 0.963. The van der Waals surface area contributed by atoms with Crippen LogP contribution in [0.4, 0.5) is 11.4 Å². The van der Waals surface area contributed by atoms with E-state index in [0.29, 0.717) is 0 Å². The van der Waals surface area contributed by atoms with E-state index >= 15 is 0 Å². The molecule has 1 heterocycles. The van der Waals surface area contributed by atoms with E-state index in [-0.39, 0.29) is 0 Å². The zero-order valence-electron chi connectivity index (χ0n) is 7.88. The average molecular weight is 177 g/mol. The highest BCUT2D eigenvalue weighted by molar-refractivity contribution is 5.63. The molecule has 0 radical (unpaired) electrons. The molecule has 0 saturated heterocycles. The molecular weight excluding hydrogens is 162 g/mol. The van der Waals surface area contributed by atoms with E-state index in [2.05, 4.69) is 16.9 Å². The summed E-state index contributed by atoms with van der Waals surface area (Å²) in [6.45, 7) is 6.68. The molecular formula is C10H15N3. The summed E-state index contributed by atoms with van der Waals surface area (Å²) in [4.78, 5) is 3.98. The SMILES string of the molecule is C=C(C)CCNc1cnccc1N. The molecule has 1 aromatic rings. The monoisotopic (exact) mass is 177 g/mol. The van der Waals surface area contributed by atoms with E-state index in [0.717, 1.165) is 29.9 Å². The fourth-order valence-corrected chi connectivity index (χ4v) is 0.963. The topological polar surface area (TPSA) is 50.9 Å². The predicted octanol–water partition coefficient (Wildman–Crippen LogP) is 2.04. The number of nitrogens with zero attached hydrogens (tertiary/aromatic N) is 1. The van der Waals surface area contributed by atoms with Crippen LogP contribution in [0.25, 0.3) is 0 Å². The Morgan fingerprint density at radius 3 is 3.08 bits per heavy atom. The van der Waals surface area contributed by atoms with E-state index in [4.69, 9.17) is 5.73 Å². The van der Waals surface area contributed by atoms with Crippen molar-refractivity contribution in [3.05, 3.63) is 30.6 Å². The number of hydrogen-bond donors (Lipinski definition) is 2. The van der Waals surface area contributed by atoms with Crippen molar-refractivity contribution in [2.45, 2.75) is 13.3 Å². The molecule has 0 aliphatic carbocycles. The second-order valence-electron chi connectivity index (χ2n) is 3.10. The molecule has 0 aromatic carbocycles. The summed E-state index contributed by atoms with van der Waals surface area (Å²) >= 11 is 0. The Kier molecular flexibility index (Phi) is 3.31. The summed E-state index contributed by atoms with van der Waals surface area (Å²) in [5.41, 5.74) is 8.50. The third kappa shape index (κ3) is 3.15. The number of nitrogens with two attached hydrogens (primary N) is 1. The van der Waals surface area contributed by atoms with Gasteiger partial charge in [-0.25, -0.2) is 0 Å². The Morgan fingerprint density at radius 2 is 2.46 bits per heavy atom. The lowest BCUT2D eigenvalue weighted by molar-refractivity contribution is 1.00. The molecule has 0 fully saturated rings.